The zero-order valence-corrected chi connectivity index (χ0v) is 19.3. The van der Waals surface area contributed by atoms with Gasteiger partial charge in [0, 0.05) is 22.8 Å². The maximum absolute atomic E-state index is 5.44. The predicted octanol–water partition coefficient (Wildman–Crippen LogP) is 3.71. The quantitative estimate of drug-likeness (QED) is 0.268. The van der Waals surface area contributed by atoms with Gasteiger partial charge in [-0.1, -0.05) is 5.16 Å². The number of ether oxygens (including phenoxy) is 2. The van der Waals surface area contributed by atoms with Crippen LogP contribution in [0.25, 0.3) is 21.8 Å². The summed E-state index contributed by atoms with van der Waals surface area (Å²) in [5, 5.41) is 12.3. The minimum Gasteiger partial charge on any atom is -0.493 e. The minimum absolute atomic E-state index is 0.123. The van der Waals surface area contributed by atoms with Crippen LogP contribution in [-0.4, -0.2) is 49.6 Å². The van der Waals surface area contributed by atoms with Gasteiger partial charge in [-0.25, -0.2) is 19.5 Å². The summed E-state index contributed by atoms with van der Waals surface area (Å²) < 4.78 is 14.3. The molecule has 168 valence electrons. The van der Waals surface area contributed by atoms with Crippen molar-refractivity contribution in [1.82, 2.24) is 29.1 Å². The van der Waals surface area contributed by atoms with Crippen molar-refractivity contribution in [2.45, 2.75) is 20.5 Å². The number of nitrogens with zero attached hydrogens (tertiary/aromatic N) is 7. The number of hydrogen-bond donors (Lipinski definition) is 0. The van der Waals surface area contributed by atoms with Crippen LogP contribution in [0.4, 0.5) is 0 Å². The Hall–Kier alpha value is -3.99. The van der Waals surface area contributed by atoms with E-state index in [1.807, 2.05) is 28.1 Å². The van der Waals surface area contributed by atoms with E-state index in [-0.39, 0.29) is 6.61 Å². The smallest absolute Gasteiger partial charge is 0.195 e. The molecule has 0 saturated heterocycles. The molecule has 0 bridgehead atoms. The highest BCUT2D eigenvalue weighted by molar-refractivity contribution is 7.12. The number of oxime groups is 1. The van der Waals surface area contributed by atoms with Crippen LogP contribution in [0.3, 0.4) is 0 Å². The average molecular weight is 464 g/mol. The molecule has 0 saturated carbocycles. The summed E-state index contributed by atoms with van der Waals surface area (Å²) in [6.45, 7) is 4.23. The number of aromatic nitrogens is 6. The van der Waals surface area contributed by atoms with Gasteiger partial charge in [-0.3, -0.25) is 4.57 Å². The average Bonchev–Trinajstić information content (AvgIpc) is 3.55. The molecule has 0 N–H and O–H groups in total. The summed E-state index contributed by atoms with van der Waals surface area (Å²) in [7, 11) is 3.18. The number of methoxy groups -OCH3 is 2. The molecule has 0 radical (unpaired) electrons. The third kappa shape index (κ3) is 3.65. The van der Waals surface area contributed by atoms with Crippen LogP contribution in [0.2, 0.25) is 0 Å². The van der Waals surface area contributed by atoms with E-state index >= 15 is 0 Å². The lowest BCUT2D eigenvalue weighted by molar-refractivity contribution is 0.126. The molecule has 0 aliphatic rings. The van der Waals surface area contributed by atoms with Crippen LogP contribution in [0, 0.1) is 13.8 Å². The molecule has 1 aromatic carbocycles. The number of hydrogen-bond acceptors (Lipinski definition) is 9. The highest BCUT2D eigenvalue weighted by Gasteiger charge is 2.20. The van der Waals surface area contributed by atoms with Gasteiger partial charge in [0.15, 0.2) is 40.4 Å². The number of aryl methyl sites for hydroxylation is 1. The lowest BCUT2D eigenvalue weighted by atomic mass is 10.2. The summed E-state index contributed by atoms with van der Waals surface area (Å²) >= 11 is 1.56. The third-order valence-corrected chi connectivity index (χ3v) is 6.12. The fourth-order valence-electron chi connectivity index (χ4n) is 3.65. The van der Waals surface area contributed by atoms with E-state index in [2.05, 4.69) is 39.1 Å². The van der Waals surface area contributed by atoms with Crippen molar-refractivity contribution in [2.24, 2.45) is 5.16 Å². The van der Waals surface area contributed by atoms with Gasteiger partial charge in [0.05, 0.1) is 25.8 Å². The Morgan fingerprint density at radius 2 is 1.94 bits per heavy atom. The number of thiazole rings is 1. The highest BCUT2D eigenvalue weighted by atomic mass is 32.1. The maximum atomic E-state index is 5.44. The van der Waals surface area contributed by atoms with Gasteiger partial charge in [0.25, 0.3) is 0 Å². The van der Waals surface area contributed by atoms with Crippen LogP contribution in [0.5, 0.6) is 11.5 Å². The van der Waals surface area contributed by atoms with Crippen LogP contribution >= 0.6 is 11.3 Å². The Labute approximate surface area is 193 Å². The Bertz CT molecular complexity index is 1470. The molecule has 4 aromatic heterocycles. The SMILES string of the molecule is COc1ccc(/C=N\OCc2nc3c4c(C)c(C)n(-c5nccs5)c4ncn3n2)cc1OC. The van der Waals surface area contributed by atoms with Crippen molar-refractivity contribution in [2.75, 3.05) is 14.2 Å². The molecule has 5 rings (SSSR count). The zero-order chi connectivity index (χ0) is 22.9. The second kappa shape index (κ2) is 8.51. The summed E-state index contributed by atoms with van der Waals surface area (Å²) in [5.74, 6) is 1.78. The van der Waals surface area contributed by atoms with Gasteiger partial charge in [-0.2, -0.15) is 0 Å². The lowest BCUT2D eigenvalue weighted by Gasteiger charge is -2.07. The third-order valence-electron chi connectivity index (χ3n) is 5.36. The number of fused-ring (bicyclic) bond motifs is 3. The molecule has 5 aromatic rings. The molecule has 0 aliphatic carbocycles. The Kier molecular flexibility index (Phi) is 5.38. The molecule has 0 fully saturated rings. The second-order valence-corrected chi connectivity index (χ2v) is 8.10. The standard InChI is InChI=1S/C22H21N7O3S/c1-13-14(2)29(22-23-7-8-33-22)20-19(13)21-26-18(27-28(21)12-24-20)11-32-25-10-15-5-6-16(30-3)17(9-15)31-4/h5-10,12H,11H2,1-4H3/b25-10-. The molecule has 33 heavy (non-hydrogen) atoms. The highest BCUT2D eigenvalue weighted by Crippen LogP contribution is 2.30. The first-order valence-electron chi connectivity index (χ1n) is 10.1. The van der Waals surface area contributed by atoms with Gasteiger partial charge < -0.3 is 14.3 Å². The lowest BCUT2D eigenvalue weighted by Crippen LogP contribution is -1.98. The van der Waals surface area contributed by atoms with Crippen LogP contribution in [0.1, 0.15) is 22.6 Å². The normalized spacial score (nSPS) is 11.6. The van der Waals surface area contributed by atoms with E-state index in [4.69, 9.17) is 14.3 Å². The molecule has 11 heteroatoms. The van der Waals surface area contributed by atoms with E-state index in [9.17, 15) is 0 Å². The zero-order valence-electron chi connectivity index (χ0n) is 18.5. The van der Waals surface area contributed by atoms with Crippen LogP contribution in [-0.2, 0) is 11.4 Å². The molecule has 4 heterocycles. The van der Waals surface area contributed by atoms with Gasteiger partial charge in [0.1, 0.15) is 6.33 Å². The monoisotopic (exact) mass is 463 g/mol. The van der Waals surface area contributed by atoms with Crippen molar-refractivity contribution in [3.8, 4) is 16.6 Å². The Balaban J connectivity index is 1.40. The minimum atomic E-state index is 0.123. The molecule has 10 nitrogen and oxygen atoms in total. The molecule has 0 atom stereocenters. The van der Waals surface area contributed by atoms with Crippen LogP contribution in [0.15, 0.2) is 41.3 Å². The second-order valence-electron chi connectivity index (χ2n) is 7.22. The largest absolute Gasteiger partial charge is 0.493 e. The van der Waals surface area contributed by atoms with Crippen molar-refractivity contribution >= 4 is 34.2 Å². The number of benzene rings is 1. The van der Waals surface area contributed by atoms with Crippen molar-refractivity contribution < 1.29 is 14.3 Å². The maximum Gasteiger partial charge on any atom is 0.195 e. The summed E-state index contributed by atoms with van der Waals surface area (Å²) in [5.41, 5.74) is 4.50. The molecule has 0 amide bonds. The first-order chi connectivity index (χ1) is 16.1. The summed E-state index contributed by atoms with van der Waals surface area (Å²) in [6, 6.07) is 5.48. The van der Waals surface area contributed by atoms with Crippen LogP contribution < -0.4 is 9.47 Å². The fraction of sp³-hybridized carbons (Fsp3) is 0.227. The van der Waals surface area contributed by atoms with Crippen molar-refractivity contribution in [1.29, 1.82) is 0 Å². The van der Waals surface area contributed by atoms with E-state index in [1.165, 1.54) is 0 Å². The van der Waals surface area contributed by atoms with Crippen molar-refractivity contribution in [3.05, 3.63) is 58.7 Å². The summed E-state index contributed by atoms with van der Waals surface area (Å²) in [4.78, 5) is 19.2. The Morgan fingerprint density at radius 3 is 2.70 bits per heavy atom. The first-order valence-corrected chi connectivity index (χ1v) is 11.0. The van der Waals surface area contributed by atoms with Gasteiger partial charge in [-0.05, 0) is 37.6 Å². The fourth-order valence-corrected chi connectivity index (χ4v) is 4.35. The van der Waals surface area contributed by atoms with E-state index in [0.717, 1.165) is 38.6 Å². The predicted molar refractivity (Wildman–Crippen MR) is 125 cm³/mol. The number of rotatable bonds is 7. The first kappa shape index (κ1) is 20.9. The van der Waals surface area contributed by atoms with E-state index in [1.54, 1.807) is 48.8 Å². The van der Waals surface area contributed by atoms with Crippen molar-refractivity contribution in [3.63, 3.8) is 0 Å². The Morgan fingerprint density at radius 1 is 1.09 bits per heavy atom. The molecule has 0 aliphatic heterocycles. The van der Waals surface area contributed by atoms with Gasteiger partial charge in [0.2, 0.25) is 0 Å². The van der Waals surface area contributed by atoms with E-state index in [0.29, 0.717) is 17.3 Å². The van der Waals surface area contributed by atoms with E-state index < -0.39 is 0 Å². The molecular formula is C22H21N7O3S. The topological polar surface area (TPSA) is 101 Å². The summed E-state index contributed by atoms with van der Waals surface area (Å²) in [6.07, 6.45) is 5.04. The molecule has 0 unspecified atom stereocenters. The molecule has 0 spiro atoms. The molecular weight excluding hydrogens is 442 g/mol. The van der Waals surface area contributed by atoms with Gasteiger partial charge in [-0.15, -0.1) is 16.4 Å². The van der Waals surface area contributed by atoms with Gasteiger partial charge >= 0.3 is 0 Å².